The molecule has 4 nitrogen and oxygen atoms in total. The number of amides is 1. The highest BCUT2D eigenvalue weighted by atomic mass is 19.4. The Bertz CT molecular complexity index is 784. The summed E-state index contributed by atoms with van der Waals surface area (Å²) in [4.78, 5) is 17.7. The standard InChI is InChI=1S/C18H17F4N3O/c19-16-7-4-12(11-23-16)17(26)24-14-10-13(18(20,21)22)5-6-15(14)25-8-2-1-3-9-25/h4-7,10-11H,1-3,8-9H2,(H,24,26). The first-order valence-electron chi connectivity index (χ1n) is 8.24. The van der Waals surface area contributed by atoms with Gasteiger partial charge in [0.25, 0.3) is 5.91 Å². The molecule has 0 spiro atoms. The van der Waals surface area contributed by atoms with E-state index in [-0.39, 0.29) is 11.3 Å². The average molecular weight is 367 g/mol. The number of halogens is 4. The maximum Gasteiger partial charge on any atom is 0.416 e. The van der Waals surface area contributed by atoms with Crippen molar-refractivity contribution in [2.75, 3.05) is 23.3 Å². The van der Waals surface area contributed by atoms with Gasteiger partial charge in [-0.15, -0.1) is 0 Å². The fourth-order valence-corrected chi connectivity index (χ4v) is 2.93. The highest BCUT2D eigenvalue weighted by molar-refractivity contribution is 6.05. The van der Waals surface area contributed by atoms with Crippen molar-refractivity contribution in [3.8, 4) is 0 Å². The Balaban J connectivity index is 1.93. The van der Waals surface area contributed by atoms with Gasteiger partial charge in [-0.25, -0.2) is 4.98 Å². The second-order valence-corrected chi connectivity index (χ2v) is 6.10. The van der Waals surface area contributed by atoms with Crippen LogP contribution in [0.15, 0.2) is 36.5 Å². The minimum absolute atomic E-state index is 0.0633. The number of nitrogens with zero attached hydrogens (tertiary/aromatic N) is 2. The van der Waals surface area contributed by atoms with Gasteiger partial charge in [0.1, 0.15) is 0 Å². The molecular weight excluding hydrogens is 350 g/mol. The number of carbonyl (C=O) groups excluding carboxylic acids is 1. The Hall–Kier alpha value is -2.64. The Morgan fingerprint density at radius 2 is 1.81 bits per heavy atom. The first-order chi connectivity index (χ1) is 12.3. The molecule has 1 aromatic carbocycles. The number of carbonyl (C=O) groups is 1. The van der Waals surface area contributed by atoms with E-state index in [2.05, 4.69) is 10.3 Å². The Labute approximate surface area is 147 Å². The number of hydrogen-bond donors (Lipinski definition) is 1. The van der Waals surface area contributed by atoms with Crippen molar-refractivity contribution in [3.05, 3.63) is 53.6 Å². The van der Waals surface area contributed by atoms with E-state index in [4.69, 9.17) is 0 Å². The molecule has 1 fully saturated rings. The number of benzene rings is 1. The molecule has 0 unspecified atom stereocenters. The SMILES string of the molecule is O=C(Nc1cc(C(F)(F)F)ccc1N1CCCCC1)c1ccc(F)nc1. The lowest BCUT2D eigenvalue weighted by atomic mass is 10.1. The van der Waals surface area contributed by atoms with Gasteiger partial charge >= 0.3 is 6.18 Å². The molecule has 0 aliphatic carbocycles. The summed E-state index contributed by atoms with van der Waals surface area (Å²) < 4.78 is 52.1. The molecule has 0 saturated carbocycles. The lowest BCUT2D eigenvalue weighted by Gasteiger charge is -2.31. The summed E-state index contributed by atoms with van der Waals surface area (Å²) in [6.07, 6.45) is -0.525. The van der Waals surface area contributed by atoms with Gasteiger partial charge in [0.2, 0.25) is 5.95 Å². The second kappa shape index (κ2) is 7.31. The average Bonchev–Trinajstić information content (AvgIpc) is 2.62. The van der Waals surface area contributed by atoms with Crippen LogP contribution in [0.5, 0.6) is 0 Å². The maximum absolute atomic E-state index is 13.1. The molecule has 1 aliphatic heterocycles. The number of hydrogen-bond acceptors (Lipinski definition) is 3. The number of rotatable bonds is 3. The number of alkyl halides is 3. The Morgan fingerprint density at radius 3 is 2.42 bits per heavy atom. The van der Waals surface area contributed by atoms with E-state index in [1.165, 1.54) is 12.1 Å². The highest BCUT2D eigenvalue weighted by Crippen LogP contribution is 2.36. The van der Waals surface area contributed by atoms with Crippen LogP contribution < -0.4 is 10.2 Å². The molecule has 0 bridgehead atoms. The third-order valence-corrected chi connectivity index (χ3v) is 4.26. The zero-order valence-electron chi connectivity index (χ0n) is 13.8. The summed E-state index contributed by atoms with van der Waals surface area (Å²) in [5.74, 6) is -1.38. The van der Waals surface area contributed by atoms with Crippen LogP contribution in [0.4, 0.5) is 28.9 Å². The smallest absolute Gasteiger partial charge is 0.370 e. The molecule has 1 N–H and O–H groups in total. The van der Waals surface area contributed by atoms with Crippen LogP contribution in [0.25, 0.3) is 0 Å². The zero-order valence-corrected chi connectivity index (χ0v) is 13.8. The van der Waals surface area contributed by atoms with Crippen molar-refractivity contribution in [2.24, 2.45) is 0 Å². The van der Waals surface area contributed by atoms with Crippen molar-refractivity contribution in [2.45, 2.75) is 25.4 Å². The van der Waals surface area contributed by atoms with Crippen LogP contribution in [-0.4, -0.2) is 24.0 Å². The van der Waals surface area contributed by atoms with Gasteiger partial charge in [-0.1, -0.05) is 0 Å². The van der Waals surface area contributed by atoms with Gasteiger partial charge in [0.15, 0.2) is 0 Å². The summed E-state index contributed by atoms with van der Waals surface area (Å²) >= 11 is 0. The van der Waals surface area contributed by atoms with Crippen molar-refractivity contribution in [1.29, 1.82) is 0 Å². The molecule has 8 heteroatoms. The molecule has 0 atom stereocenters. The number of anilines is 2. The number of aromatic nitrogens is 1. The van der Waals surface area contributed by atoms with Gasteiger partial charge in [-0.2, -0.15) is 17.6 Å². The van der Waals surface area contributed by atoms with Gasteiger partial charge in [0, 0.05) is 19.3 Å². The summed E-state index contributed by atoms with van der Waals surface area (Å²) in [5.41, 5.74) is -0.156. The third-order valence-electron chi connectivity index (χ3n) is 4.26. The van der Waals surface area contributed by atoms with Crippen LogP contribution in [0.2, 0.25) is 0 Å². The fraction of sp³-hybridized carbons (Fsp3) is 0.333. The number of pyridine rings is 1. The van der Waals surface area contributed by atoms with Crippen LogP contribution in [0.3, 0.4) is 0 Å². The molecule has 138 valence electrons. The zero-order chi connectivity index (χ0) is 18.7. The molecule has 1 aliphatic rings. The van der Waals surface area contributed by atoms with Gasteiger partial charge in [0.05, 0.1) is 22.5 Å². The second-order valence-electron chi connectivity index (χ2n) is 6.10. The van der Waals surface area contributed by atoms with Gasteiger partial charge < -0.3 is 10.2 Å². The number of nitrogens with one attached hydrogen (secondary N) is 1. The van der Waals surface area contributed by atoms with Gasteiger partial charge in [-0.05, 0) is 49.6 Å². The van der Waals surface area contributed by atoms with Crippen LogP contribution in [0, 0.1) is 5.95 Å². The molecule has 1 aromatic heterocycles. The van der Waals surface area contributed by atoms with Crippen LogP contribution >= 0.6 is 0 Å². The fourth-order valence-electron chi connectivity index (χ4n) is 2.93. The van der Waals surface area contributed by atoms with E-state index >= 15 is 0 Å². The quantitative estimate of drug-likeness (QED) is 0.643. The molecule has 1 saturated heterocycles. The molecule has 3 rings (SSSR count). The summed E-state index contributed by atoms with van der Waals surface area (Å²) in [5, 5.41) is 2.51. The molecule has 1 amide bonds. The van der Waals surface area contributed by atoms with E-state index in [0.29, 0.717) is 18.8 Å². The lowest BCUT2D eigenvalue weighted by Crippen LogP contribution is -2.30. The van der Waals surface area contributed by atoms with Gasteiger partial charge in [-0.3, -0.25) is 4.79 Å². The predicted molar refractivity (Wildman–Crippen MR) is 89.7 cm³/mol. The minimum atomic E-state index is -4.52. The first kappa shape index (κ1) is 18.2. The topological polar surface area (TPSA) is 45.2 Å². The van der Waals surface area contributed by atoms with E-state index < -0.39 is 23.6 Å². The minimum Gasteiger partial charge on any atom is -0.370 e. The summed E-state index contributed by atoms with van der Waals surface area (Å²) in [7, 11) is 0. The Kier molecular flexibility index (Phi) is 5.11. The molecule has 0 radical (unpaired) electrons. The van der Waals surface area contributed by atoms with Crippen molar-refractivity contribution in [3.63, 3.8) is 0 Å². The van der Waals surface area contributed by atoms with Crippen molar-refractivity contribution in [1.82, 2.24) is 4.98 Å². The van der Waals surface area contributed by atoms with E-state index in [1.807, 2.05) is 4.90 Å². The maximum atomic E-state index is 13.1. The van der Waals surface area contributed by atoms with Crippen LogP contribution in [0.1, 0.15) is 35.2 Å². The number of piperidine rings is 1. The summed E-state index contributed by atoms with van der Waals surface area (Å²) in [6, 6.07) is 5.57. The van der Waals surface area contributed by atoms with Crippen molar-refractivity contribution < 1.29 is 22.4 Å². The largest absolute Gasteiger partial charge is 0.416 e. The van der Waals surface area contributed by atoms with Crippen molar-refractivity contribution >= 4 is 17.3 Å². The lowest BCUT2D eigenvalue weighted by molar-refractivity contribution is -0.137. The van der Waals surface area contributed by atoms with E-state index in [1.54, 1.807) is 0 Å². The van der Waals surface area contributed by atoms with E-state index in [0.717, 1.165) is 43.7 Å². The van der Waals surface area contributed by atoms with Crippen LogP contribution in [-0.2, 0) is 6.18 Å². The molecular formula is C18H17F4N3O. The molecule has 2 aromatic rings. The Morgan fingerprint density at radius 1 is 1.08 bits per heavy atom. The monoisotopic (exact) mass is 367 g/mol. The summed E-state index contributed by atoms with van der Waals surface area (Å²) in [6.45, 7) is 1.43. The third kappa shape index (κ3) is 4.12. The highest BCUT2D eigenvalue weighted by Gasteiger charge is 2.32. The normalized spacial score (nSPS) is 15.0. The first-order valence-corrected chi connectivity index (χ1v) is 8.24. The predicted octanol–water partition coefficient (Wildman–Crippen LogP) is 4.48. The molecule has 26 heavy (non-hydrogen) atoms. The van der Waals surface area contributed by atoms with E-state index in [9.17, 15) is 22.4 Å². The molecule has 2 heterocycles.